The van der Waals surface area contributed by atoms with Gasteiger partial charge in [-0.3, -0.25) is 0 Å². The lowest BCUT2D eigenvalue weighted by Gasteiger charge is -2.19. The zero-order valence-electron chi connectivity index (χ0n) is 12.8. The van der Waals surface area contributed by atoms with Gasteiger partial charge in [-0.15, -0.1) is 11.3 Å². The van der Waals surface area contributed by atoms with E-state index in [-0.39, 0.29) is 11.5 Å². The number of benzene rings is 1. The highest BCUT2D eigenvalue weighted by Gasteiger charge is 2.22. The topological polar surface area (TPSA) is 12.0 Å². The Hall–Kier alpha value is -0.540. The maximum absolute atomic E-state index is 6.39. The second kappa shape index (κ2) is 6.70. The molecule has 0 aliphatic carbocycles. The molecule has 114 valence electrons. The molecule has 2 rings (SSSR count). The van der Waals surface area contributed by atoms with E-state index in [9.17, 15) is 0 Å². The van der Waals surface area contributed by atoms with Gasteiger partial charge in [0.05, 0.1) is 6.04 Å². The van der Waals surface area contributed by atoms with Gasteiger partial charge in [-0.2, -0.15) is 0 Å². The first-order valence-corrected chi connectivity index (χ1v) is 8.68. The minimum absolute atomic E-state index is 0.112. The molecule has 0 radical (unpaired) electrons. The van der Waals surface area contributed by atoms with Crippen LogP contribution >= 0.6 is 34.5 Å². The van der Waals surface area contributed by atoms with Crippen LogP contribution in [0.3, 0.4) is 0 Å². The van der Waals surface area contributed by atoms with Crippen LogP contribution in [0.2, 0.25) is 10.0 Å². The minimum Gasteiger partial charge on any atom is -0.306 e. The Morgan fingerprint density at radius 2 is 1.86 bits per heavy atom. The van der Waals surface area contributed by atoms with Gasteiger partial charge in [0.1, 0.15) is 0 Å². The van der Waals surface area contributed by atoms with Gasteiger partial charge < -0.3 is 5.32 Å². The average molecular weight is 342 g/mol. The molecule has 2 aromatic rings. The summed E-state index contributed by atoms with van der Waals surface area (Å²) in [6, 6.07) is 10.2. The first-order valence-electron chi connectivity index (χ1n) is 7.11. The fraction of sp³-hybridized carbons (Fsp3) is 0.412. The van der Waals surface area contributed by atoms with E-state index < -0.39 is 0 Å². The van der Waals surface area contributed by atoms with Crippen LogP contribution in [0.4, 0.5) is 0 Å². The molecule has 1 aromatic carbocycles. The Bertz CT molecular complexity index is 613. The third-order valence-corrected chi connectivity index (χ3v) is 5.47. The SMILES string of the molecule is CCNC(c1ccc(C(C)(C)C)s1)c1ccc(Cl)cc1Cl. The van der Waals surface area contributed by atoms with Gasteiger partial charge in [-0.25, -0.2) is 0 Å². The zero-order chi connectivity index (χ0) is 15.6. The highest BCUT2D eigenvalue weighted by atomic mass is 35.5. The summed E-state index contributed by atoms with van der Waals surface area (Å²) in [4.78, 5) is 2.66. The van der Waals surface area contributed by atoms with Crippen molar-refractivity contribution in [1.29, 1.82) is 0 Å². The van der Waals surface area contributed by atoms with Crippen LogP contribution in [0, 0.1) is 0 Å². The Labute approximate surface area is 141 Å². The van der Waals surface area contributed by atoms with E-state index in [4.69, 9.17) is 23.2 Å². The van der Waals surface area contributed by atoms with Gasteiger partial charge in [-0.1, -0.05) is 57.0 Å². The summed E-state index contributed by atoms with van der Waals surface area (Å²) < 4.78 is 0. The Morgan fingerprint density at radius 1 is 1.14 bits per heavy atom. The molecule has 1 atom stereocenters. The summed E-state index contributed by atoms with van der Waals surface area (Å²) in [5.74, 6) is 0. The van der Waals surface area contributed by atoms with Crippen molar-refractivity contribution in [3.8, 4) is 0 Å². The molecule has 0 bridgehead atoms. The second-order valence-corrected chi connectivity index (χ2v) is 8.07. The van der Waals surface area contributed by atoms with E-state index in [1.807, 2.05) is 23.5 Å². The molecule has 1 unspecified atom stereocenters. The predicted octanol–water partition coefficient (Wildman–Crippen LogP) is 6.05. The first kappa shape index (κ1) is 16.8. The Morgan fingerprint density at radius 3 is 2.38 bits per heavy atom. The van der Waals surface area contributed by atoms with Crippen LogP contribution < -0.4 is 5.32 Å². The van der Waals surface area contributed by atoms with Crippen molar-refractivity contribution in [2.45, 2.75) is 39.2 Å². The molecule has 0 spiro atoms. The molecule has 0 aliphatic rings. The zero-order valence-corrected chi connectivity index (χ0v) is 15.2. The van der Waals surface area contributed by atoms with E-state index in [1.54, 1.807) is 6.07 Å². The third kappa shape index (κ3) is 4.01. The van der Waals surface area contributed by atoms with Crippen LogP contribution in [0.1, 0.15) is 49.1 Å². The summed E-state index contributed by atoms with van der Waals surface area (Å²) in [5, 5.41) is 4.90. The van der Waals surface area contributed by atoms with Gasteiger partial charge in [0.15, 0.2) is 0 Å². The molecule has 21 heavy (non-hydrogen) atoms. The third-order valence-electron chi connectivity index (χ3n) is 3.33. The molecule has 1 N–H and O–H groups in total. The number of thiophene rings is 1. The van der Waals surface area contributed by atoms with Crippen molar-refractivity contribution < 1.29 is 0 Å². The number of rotatable bonds is 4. The van der Waals surface area contributed by atoms with E-state index in [2.05, 4.69) is 45.1 Å². The maximum Gasteiger partial charge on any atom is 0.0685 e. The molecule has 0 fully saturated rings. The predicted molar refractivity (Wildman–Crippen MR) is 95.0 cm³/mol. The van der Waals surface area contributed by atoms with Crippen LogP contribution in [-0.2, 0) is 5.41 Å². The number of hydrogen-bond acceptors (Lipinski definition) is 2. The van der Waals surface area contributed by atoms with Crippen molar-refractivity contribution in [1.82, 2.24) is 5.32 Å². The van der Waals surface area contributed by atoms with Gasteiger partial charge >= 0.3 is 0 Å². The fourth-order valence-electron chi connectivity index (χ4n) is 2.21. The monoisotopic (exact) mass is 341 g/mol. The highest BCUT2D eigenvalue weighted by Crippen LogP contribution is 2.37. The van der Waals surface area contributed by atoms with E-state index in [1.165, 1.54) is 9.75 Å². The number of nitrogens with one attached hydrogen (secondary N) is 1. The smallest absolute Gasteiger partial charge is 0.0685 e. The van der Waals surface area contributed by atoms with Crippen LogP contribution in [0.5, 0.6) is 0 Å². The minimum atomic E-state index is 0.112. The van der Waals surface area contributed by atoms with Gasteiger partial charge in [0.25, 0.3) is 0 Å². The van der Waals surface area contributed by atoms with Crippen LogP contribution in [0.25, 0.3) is 0 Å². The summed E-state index contributed by atoms with van der Waals surface area (Å²) in [6.07, 6.45) is 0. The van der Waals surface area contributed by atoms with Crippen molar-refractivity contribution in [3.63, 3.8) is 0 Å². The normalized spacial score (nSPS) is 13.4. The average Bonchev–Trinajstić information content (AvgIpc) is 2.86. The van der Waals surface area contributed by atoms with Crippen LogP contribution in [0.15, 0.2) is 30.3 Å². The Kier molecular flexibility index (Phi) is 5.37. The summed E-state index contributed by atoms with van der Waals surface area (Å²) in [6.45, 7) is 9.70. The standard InChI is InChI=1S/C17H21Cl2NS/c1-5-20-16(12-7-6-11(18)10-13(12)19)14-8-9-15(21-14)17(2,3)4/h6-10,16,20H,5H2,1-4H3. The lowest BCUT2D eigenvalue weighted by atomic mass is 9.95. The molecular formula is C17H21Cl2NS. The fourth-order valence-corrected chi connectivity index (χ4v) is 3.89. The Balaban J connectivity index is 2.41. The van der Waals surface area contributed by atoms with Crippen molar-refractivity contribution >= 4 is 34.5 Å². The molecule has 4 heteroatoms. The summed E-state index contributed by atoms with van der Waals surface area (Å²) >= 11 is 14.2. The van der Waals surface area contributed by atoms with Crippen molar-refractivity contribution in [2.75, 3.05) is 6.54 Å². The number of hydrogen-bond donors (Lipinski definition) is 1. The second-order valence-electron chi connectivity index (χ2n) is 6.11. The summed E-state index contributed by atoms with van der Waals surface area (Å²) in [7, 11) is 0. The lowest BCUT2D eigenvalue weighted by molar-refractivity contribution is 0.604. The quantitative estimate of drug-likeness (QED) is 0.713. The molecule has 0 amide bonds. The molecule has 1 aromatic heterocycles. The van der Waals surface area contributed by atoms with Crippen molar-refractivity contribution in [3.05, 3.63) is 55.7 Å². The molecule has 0 aliphatic heterocycles. The molecule has 0 saturated heterocycles. The van der Waals surface area contributed by atoms with Gasteiger partial charge in [-0.05, 0) is 41.8 Å². The van der Waals surface area contributed by atoms with Crippen LogP contribution in [-0.4, -0.2) is 6.54 Å². The maximum atomic E-state index is 6.39. The molecule has 0 saturated carbocycles. The molecular weight excluding hydrogens is 321 g/mol. The van der Waals surface area contributed by atoms with Gasteiger partial charge in [0.2, 0.25) is 0 Å². The van der Waals surface area contributed by atoms with E-state index in [0.717, 1.165) is 12.1 Å². The molecule has 1 nitrogen and oxygen atoms in total. The largest absolute Gasteiger partial charge is 0.306 e. The van der Waals surface area contributed by atoms with E-state index in [0.29, 0.717) is 10.0 Å². The summed E-state index contributed by atoms with van der Waals surface area (Å²) in [5.41, 5.74) is 1.24. The lowest BCUT2D eigenvalue weighted by Crippen LogP contribution is -2.21. The number of halogens is 2. The van der Waals surface area contributed by atoms with E-state index >= 15 is 0 Å². The first-order chi connectivity index (χ1) is 9.82. The highest BCUT2D eigenvalue weighted by molar-refractivity contribution is 7.12. The van der Waals surface area contributed by atoms with Gasteiger partial charge in [0, 0.05) is 19.8 Å². The van der Waals surface area contributed by atoms with Crippen molar-refractivity contribution in [2.24, 2.45) is 0 Å². The molecule has 1 heterocycles.